The van der Waals surface area contributed by atoms with Crippen molar-refractivity contribution in [2.24, 2.45) is 0 Å². The first-order chi connectivity index (χ1) is 9.58. The monoisotopic (exact) mass is 271 g/mol. The van der Waals surface area contributed by atoms with Crippen LogP contribution in [0.3, 0.4) is 0 Å². The highest BCUT2D eigenvalue weighted by Gasteiger charge is 2.20. The molecule has 0 radical (unpaired) electrons. The zero-order valence-electron chi connectivity index (χ0n) is 11.8. The topological polar surface area (TPSA) is 61.5 Å². The maximum Gasteiger partial charge on any atom is 0.200 e. The second-order valence-electron chi connectivity index (χ2n) is 4.44. The Bertz CT molecular complexity index is 628. The zero-order chi connectivity index (χ0) is 14.7. The third-order valence-corrected chi connectivity index (χ3v) is 3.20. The Balaban J connectivity index is 2.55. The first kappa shape index (κ1) is 13.9. The number of carbonyl (C=O) groups is 1. The molecule has 0 bridgehead atoms. The number of benzene rings is 2. The van der Waals surface area contributed by atoms with Gasteiger partial charge in [0.05, 0.1) is 14.2 Å². The second-order valence-corrected chi connectivity index (χ2v) is 4.44. The van der Waals surface area contributed by atoms with Crippen LogP contribution < -0.4 is 15.2 Å². The minimum atomic E-state index is -0.175. The number of nitrogen functional groups attached to an aromatic ring is 1. The van der Waals surface area contributed by atoms with Crippen LogP contribution in [0, 0.1) is 6.92 Å². The molecule has 0 heterocycles. The summed E-state index contributed by atoms with van der Waals surface area (Å²) in [5.41, 5.74) is 8.30. The van der Waals surface area contributed by atoms with Crippen molar-refractivity contribution in [1.82, 2.24) is 0 Å². The number of carbonyl (C=O) groups excluding carboxylic acids is 1. The van der Waals surface area contributed by atoms with Crippen LogP contribution in [-0.2, 0) is 0 Å². The van der Waals surface area contributed by atoms with Crippen molar-refractivity contribution in [2.45, 2.75) is 6.92 Å². The normalized spacial score (nSPS) is 10.2. The summed E-state index contributed by atoms with van der Waals surface area (Å²) in [6.45, 7) is 1.90. The van der Waals surface area contributed by atoms with Crippen LogP contribution in [0.4, 0.5) is 5.69 Å². The number of anilines is 1. The molecule has 20 heavy (non-hydrogen) atoms. The molecule has 0 saturated heterocycles. The van der Waals surface area contributed by atoms with Gasteiger partial charge in [-0.05, 0) is 30.7 Å². The van der Waals surface area contributed by atoms with Gasteiger partial charge in [0.2, 0.25) is 5.78 Å². The third-order valence-electron chi connectivity index (χ3n) is 3.20. The maximum atomic E-state index is 12.7. The highest BCUT2D eigenvalue weighted by Crippen LogP contribution is 2.31. The Kier molecular flexibility index (Phi) is 3.94. The summed E-state index contributed by atoms with van der Waals surface area (Å²) in [6, 6.07) is 10.5. The molecular formula is C16H17NO3. The lowest BCUT2D eigenvalue weighted by Crippen LogP contribution is -2.07. The number of nitrogens with two attached hydrogens (primary N) is 1. The largest absolute Gasteiger partial charge is 0.496 e. The highest BCUT2D eigenvalue weighted by molar-refractivity contribution is 6.13. The van der Waals surface area contributed by atoms with Crippen molar-refractivity contribution in [1.29, 1.82) is 0 Å². The Morgan fingerprint density at radius 1 is 1.05 bits per heavy atom. The van der Waals surface area contributed by atoms with E-state index in [1.165, 1.54) is 14.2 Å². The maximum absolute atomic E-state index is 12.7. The van der Waals surface area contributed by atoms with Gasteiger partial charge in [0.1, 0.15) is 17.1 Å². The van der Waals surface area contributed by atoms with Gasteiger partial charge in [-0.3, -0.25) is 4.79 Å². The predicted octanol–water partition coefficient (Wildman–Crippen LogP) is 2.83. The van der Waals surface area contributed by atoms with Gasteiger partial charge < -0.3 is 15.2 Å². The fourth-order valence-corrected chi connectivity index (χ4v) is 2.00. The van der Waals surface area contributed by atoms with Crippen LogP contribution in [0.5, 0.6) is 11.5 Å². The van der Waals surface area contributed by atoms with Crippen LogP contribution >= 0.6 is 0 Å². The molecule has 0 aliphatic heterocycles. The summed E-state index contributed by atoms with van der Waals surface area (Å²) in [4.78, 5) is 12.7. The third kappa shape index (κ3) is 2.45. The quantitative estimate of drug-likeness (QED) is 0.686. The number of aryl methyl sites for hydroxylation is 1. The molecule has 0 atom stereocenters. The summed E-state index contributed by atoms with van der Waals surface area (Å²) in [7, 11) is 3.05. The summed E-state index contributed by atoms with van der Waals surface area (Å²) in [5, 5.41) is 0. The fraction of sp³-hybridized carbons (Fsp3) is 0.188. The van der Waals surface area contributed by atoms with Crippen molar-refractivity contribution in [3.8, 4) is 11.5 Å². The molecule has 2 aromatic rings. The van der Waals surface area contributed by atoms with Crippen molar-refractivity contribution in [3.63, 3.8) is 0 Å². The predicted molar refractivity (Wildman–Crippen MR) is 78.6 cm³/mol. The minimum absolute atomic E-state index is 0.175. The number of ketones is 1. The van der Waals surface area contributed by atoms with Crippen molar-refractivity contribution >= 4 is 11.5 Å². The molecule has 0 fully saturated rings. The molecule has 0 aliphatic carbocycles. The number of methoxy groups -OCH3 is 2. The summed E-state index contributed by atoms with van der Waals surface area (Å²) in [6.07, 6.45) is 0. The summed E-state index contributed by atoms with van der Waals surface area (Å²) >= 11 is 0. The van der Waals surface area contributed by atoms with Gasteiger partial charge in [-0.1, -0.05) is 18.2 Å². The smallest absolute Gasteiger partial charge is 0.200 e. The molecule has 0 saturated carbocycles. The number of ether oxygens (including phenoxy) is 2. The van der Waals surface area contributed by atoms with E-state index in [2.05, 4.69) is 0 Å². The standard InChI is InChI=1S/C16H17NO3/c1-10-7-8-11(9-12(10)17)16(18)15-13(19-2)5-4-6-14(15)20-3/h4-9H,17H2,1-3H3. The van der Waals surface area contributed by atoms with E-state index in [-0.39, 0.29) is 5.78 Å². The zero-order valence-corrected chi connectivity index (χ0v) is 11.8. The van der Waals surface area contributed by atoms with Gasteiger partial charge in [-0.25, -0.2) is 0 Å². The molecule has 2 rings (SSSR count). The fourth-order valence-electron chi connectivity index (χ4n) is 2.00. The molecule has 2 aromatic carbocycles. The number of hydrogen-bond acceptors (Lipinski definition) is 4. The highest BCUT2D eigenvalue weighted by atomic mass is 16.5. The van der Waals surface area contributed by atoms with Crippen molar-refractivity contribution in [2.75, 3.05) is 20.0 Å². The molecular weight excluding hydrogens is 254 g/mol. The molecule has 0 amide bonds. The lowest BCUT2D eigenvalue weighted by molar-refractivity contribution is 0.103. The van der Waals surface area contributed by atoms with E-state index in [0.717, 1.165) is 5.56 Å². The van der Waals surface area contributed by atoms with Crippen LogP contribution in [-0.4, -0.2) is 20.0 Å². The molecule has 0 unspecified atom stereocenters. The van der Waals surface area contributed by atoms with Crippen LogP contribution in [0.2, 0.25) is 0 Å². The van der Waals surface area contributed by atoms with Gasteiger partial charge in [0, 0.05) is 11.3 Å². The Labute approximate surface area is 118 Å². The van der Waals surface area contributed by atoms with E-state index >= 15 is 0 Å². The number of hydrogen-bond donors (Lipinski definition) is 1. The van der Waals surface area contributed by atoms with Crippen LogP contribution in [0.15, 0.2) is 36.4 Å². The van der Waals surface area contributed by atoms with E-state index in [4.69, 9.17) is 15.2 Å². The van der Waals surface area contributed by atoms with Crippen molar-refractivity contribution < 1.29 is 14.3 Å². The van der Waals surface area contributed by atoms with Crippen molar-refractivity contribution in [3.05, 3.63) is 53.1 Å². The van der Waals surface area contributed by atoms with E-state index in [1.54, 1.807) is 30.3 Å². The average Bonchev–Trinajstić information content (AvgIpc) is 2.48. The van der Waals surface area contributed by atoms with Gasteiger partial charge in [0.15, 0.2) is 0 Å². The van der Waals surface area contributed by atoms with E-state index in [1.807, 2.05) is 13.0 Å². The lowest BCUT2D eigenvalue weighted by atomic mass is 9.99. The van der Waals surface area contributed by atoms with Gasteiger partial charge in [-0.2, -0.15) is 0 Å². The second kappa shape index (κ2) is 5.65. The molecule has 0 spiro atoms. The molecule has 0 aromatic heterocycles. The Morgan fingerprint density at radius 3 is 2.15 bits per heavy atom. The Hall–Kier alpha value is -2.49. The first-order valence-corrected chi connectivity index (χ1v) is 6.20. The van der Waals surface area contributed by atoms with Crippen LogP contribution in [0.25, 0.3) is 0 Å². The first-order valence-electron chi connectivity index (χ1n) is 6.20. The Morgan fingerprint density at radius 2 is 1.65 bits per heavy atom. The van der Waals surface area contributed by atoms with E-state index in [9.17, 15) is 4.79 Å². The lowest BCUT2D eigenvalue weighted by Gasteiger charge is -2.12. The van der Waals surface area contributed by atoms with Crippen LogP contribution in [0.1, 0.15) is 21.5 Å². The molecule has 4 heteroatoms. The summed E-state index contributed by atoms with van der Waals surface area (Å²) < 4.78 is 10.5. The molecule has 4 nitrogen and oxygen atoms in total. The van der Waals surface area contributed by atoms with E-state index < -0.39 is 0 Å². The average molecular weight is 271 g/mol. The van der Waals surface area contributed by atoms with Gasteiger partial charge in [-0.15, -0.1) is 0 Å². The minimum Gasteiger partial charge on any atom is -0.496 e. The molecule has 104 valence electrons. The van der Waals surface area contributed by atoms with E-state index in [0.29, 0.717) is 28.3 Å². The SMILES string of the molecule is COc1cccc(OC)c1C(=O)c1ccc(C)c(N)c1. The van der Waals surface area contributed by atoms with Gasteiger partial charge in [0.25, 0.3) is 0 Å². The molecule has 0 aliphatic rings. The van der Waals surface area contributed by atoms with Gasteiger partial charge >= 0.3 is 0 Å². The summed E-state index contributed by atoms with van der Waals surface area (Å²) in [5.74, 6) is 0.785. The number of rotatable bonds is 4. The molecule has 2 N–H and O–H groups in total.